The number of hydrogen-bond donors (Lipinski definition) is 0. The minimum Gasteiger partial charge on any atom is -0.304 e. The van der Waals surface area contributed by atoms with Crippen molar-refractivity contribution in [2.24, 2.45) is 0 Å². The number of imidazole rings is 1. The van der Waals surface area contributed by atoms with Crippen LogP contribution in [0.5, 0.6) is 0 Å². The molecule has 74 valence electrons. The fourth-order valence-corrected chi connectivity index (χ4v) is 1.23. The molecule has 0 aromatic carbocycles. The molecule has 1 aromatic rings. The van der Waals surface area contributed by atoms with Crippen molar-refractivity contribution in [1.29, 1.82) is 0 Å². The normalized spacial score (nSPS) is 13.1. The van der Waals surface area contributed by atoms with Crippen LogP contribution in [-0.2, 0) is 0 Å². The monoisotopic (exact) mass is 188 g/mol. The van der Waals surface area contributed by atoms with Crippen LogP contribution in [0.2, 0.25) is 0 Å². The van der Waals surface area contributed by atoms with Crippen molar-refractivity contribution >= 4 is 5.70 Å². The molecule has 0 atom stereocenters. The zero-order valence-electron chi connectivity index (χ0n) is 8.99. The van der Waals surface area contributed by atoms with Crippen molar-refractivity contribution in [3.8, 4) is 0 Å². The molecule has 14 heavy (non-hydrogen) atoms. The van der Waals surface area contributed by atoms with Gasteiger partial charge >= 0.3 is 0 Å². The van der Waals surface area contributed by atoms with Crippen LogP contribution in [0.4, 0.5) is 0 Å². The third kappa shape index (κ3) is 2.22. The fourth-order valence-electron chi connectivity index (χ4n) is 1.23. The maximum atomic E-state index is 4.19. The lowest BCUT2D eigenvalue weighted by atomic mass is 10.2. The van der Waals surface area contributed by atoms with Gasteiger partial charge in [-0.2, -0.15) is 0 Å². The van der Waals surface area contributed by atoms with Crippen LogP contribution in [-0.4, -0.2) is 9.55 Å². The van der Waals surface area contributed by atoms with Gasteiger partial charge in [0.05, 0.1) is 0 Å². The maximum Gasteiger partial charge on any atom is 0.110 e. The first kappa shape index (κ1) is 10.5. The predicted molar refractivity (Wildman–Crippen MR) is 60.9 cm³/mol. The molecule has 0 spiro atoms. The van der Waals surface area contributed by atoms with Gasteiger partial charge < -0.3 is 4.57 Å². The highest BCUT2D eigenvalue weighted by atomic mass is 15.1. The van der Waals surface area contributed by atoms with Gasteiger partial charge in [0.1, 0.15) is 5.82 Å². The Kier molecular flexibility index (Phi) is 3.46. The lowest BCUT2D eigenvalue weighted by Gasteiger charge is -2.05. The average molecular weight is 188 g/mol. The first-order valence-corrected chi connectivity index (χ1v) is 4.66. The molecule has 0 bridgehead atoms. The molecule has 0 aliphatic heterocycles. The number of aryl methyl sites for hydroxylation is 1. The third-order valence-corrected chi connectivity index (χ3v) is 2.10. The van der Waals surface area contributed by atoms with Crippen LogP contribution in [0.15, 0.2) is 42.8 Å². The molecule has 1 aromatic heterocycles. The molecule has 0 radical (unpaired) electrons. The van der Waals surface area contributed by atoms with Crippen molar-refractivity contribution in [3.63, 3.8) is 0 Å². The summed E-state index contributed by atoms with van der Waals surface area (Å²) in [6, 6.07) is 0. The summed E-state index contributed by atoms with van der Waals surface area (Å²) in [5.74, 6) is 0.992. The fraction of sp³-hybridized carbons (Fsp3) is 0.250. The summed E-state index contributed by atoms with van der Waals surface area (Å²) in [5, 5.41) is 0. The Morgan fingerprint density at radius 2 is 2.29 bits per heavy atom. The topological polar surface area (TPSA) is 17.8 Å². The van der Waals surface area contributed by atoms with Crippen LogP contribution < -0.4 is 0 Å². The van der Waals surface area contributed by atoms with Crippen molar-refractivity contribution in [2.45, 2.75) is 20.8 Å². The minimum atomic E-state index is 0.992. The van der Waals surface area contributed by atoms with E-state index in [1.54, 1.807) is 6.20 Å². The van der Waals surface area contributed by atoms with Gasteiger partial charge in [0.2, 0.25) is 0 Å². The Balaban J connectivity index is 3.07. The van der Waals surface area contributed by atoms with Crippen molar-refractivity contribution < 1.29 is 0 Å². The minimum absolute atomic E-state index is 0.992. The molecule has 2 heteroatoms. The van der Waals surface area contributed by atoms with E-state index >= 15 is 0 Å². The molecule has 0 saturated heterocycles. The van der Waals surface area contributed by atoms with E-state index in [-0.39, 0.29) is 0 Å². The average Bonchev–Trinajstić information content (AvgIpc) is 2.60. The highest BCUT2D eigenvalue weighted by molar-refractivity contribution is 5.59. The van der Waals surface area contributed by atoms with E-state index in [2.05, 4.69) is 23.7 Å². The second-order valence-corrected chi connectivity index (χ2v) is 3.15. The van der Waals surface area contributed by atoms with Gasteiger partial charge in [-0.3, -0.25) is 0 Å². The second kappa shape index (κ2) is 4.61. The molecule has 0 aliphatic carbocycles. The van der Waals surface area contributed by atoms with Crippen LogP contribution in [0, 0.1) is 6.92 Å². The molecule has 2 nitrogen and oxygen atoms in total. The van der Waals surface area contributed by atoms with E-state index in [1.807, 2.05) is 37.6 Å². The lowest BCUT2D eigenvalue weighted by Crippen LogP contribution is -1.96. The van der Waals surface area contributed by atoms with E-state index in [1.165, 1.54) is 0 Å². The van der Waals surface area contributed by atoms with Gasteiger partial charge in [-0.15, -0.1) is 0 Å². The summed E-state index contributed by atoms with van der Waals surface area (Å²) in [6.45, 7) is 9.76. The molecule has 0 saturated carbocycles. The third-order valence-electron chi connectivity index (χ3n) is 2.10. The first-order chi connectivity index (χ1) is 6.69. The molecule has 1 rings (SSSR count). The van der Waals surface area contributed by atoms with Gasteiger partial charge in [-0.05, 0) is 32.4 Å². The highest BCUT2D eigenvalue weighted by Gasteiger charge is 1.99. The number of hydrogen-bond acceptors (Lipinski definition) is 1. The maximum absolute atomic E-state index is 4.19. The SMILES string of the molecule is C=C/C(C)=C\C(=C/C)n1ccnc1C. The number of rotatable bonds is 3. The highest BCUT2D eigenvalue weighted by Crippen LogP contribution is 2.11. The smallest absolute Gasteiger partial charge is 0.110 e. The quantitative estimate of drug-likeness (QED) is 0.666. The summed E-state index contributed by atoms with van der Waals surface area (Å²) < 4.78 is 2.05. The zero-order valence-corrected chi connectivity index (χ0v) is 8.99. The Morgan fingerprint density at radius 3 is 2.71 bits per heavy atom. The van der Waals surface area contributed by atoms with Crippen molar-refractivity contribution in [3.05, 3.63) is 48.6 Å². The van der Waals surface area contributed by atoms with Gasteiger partial charge in [0.15, 0.2) is 0 Å². The Hall–Kier alpha value is -1.57. The van der Waals surface area contributed by atoms with Gasteiger partial charge in [0.25, 0.3) is 0 Å². The largest absolute Gasteiger partial charge is 0.304 e. The number of nitrogens with zero attached hydrogens (tertiary/aromatic N) is 2. The second-order valence-electron chi connectivity index (χ2n) is 3.15. The van der Waals surface area contributed by atoms with Gasteiger partial charge in [-0.1, -0.05) is 18.7 Å². The summed E-state index contributed by atoms with van der Waals surface area (Å²) >= 11 is 0. The first-order valence-electron chi connectivity index (χ1n) is 4.66. The molecule has 0 amide bonds. The summed E-state index contributed by atoms with van der Waals surface area (Å²) in [4.78, 5) is 4.19. The van der Waals surface area contributed by atoms with Crippen LogP contribution in [0.3, 0.4) is 0 Å². The summed E-state index contributed by atoms with van der Waals surface area (Å²) in [7, 11) is 0. The summed E-state index contributed by atoms with van der Waals surface area (Å²) in [5.41, 5.74) is 2.27. The van der Waals surface area contributed by atoms with Gasteiger partial charge in [0, 0.05) is 18.1 Å². The molecule has 0 fully saturated rings. The Labute approximate surface area is 85.3 Å². The van der Waals surface area contributed by atoms with E-state index in [0.717, 1.165) is 17.1 Å². The van der Waals surface area contributed by atoms with E-state index in [0.29, 0.717) is 0 Å². The lowest BCUT2D eigenvalue weighted by molar-refractivity contribution is 1.00. The summed E-state index contributed by atoms with van der Waals surface area (Å²) in [6.07, 6.45) is 9.74. The molecule has 0 aliphatic rings. The number of aromatic nitrogens is 2. The van der Waals surface area contributed by atoms with E-state index < -0.39 is 0 Å². The van der Waals surface area contributed by atoms with E-state index in [4.69, 9.17) is 0 Å². The van der Waals surface area contributed by atoms with Crippen LogP contribution in [0.1, 0.15) is 19.7 Å². The molecule has 1 heterocycles. The van der Waals surface area contributed by atoms with Crippen molar-refractivity contribution in [2.75, 3.05) is 0 Å². The van der Waals surface area contributed by atoms with Crippen LogP contribution in [0.25, 0.3) is 5.70 Å². The standard InChI is InChI=1S/C12H16N2/c1-5-10(3)9-12(6-2)14-8-7-13-11(14)4/h5-9H,1H2,2-4H3/b10-9-,12-6+. The van der Waals surface area contributed by atoms with E-state index in [9.17, 15) is 0 Å². The van der Waals surface area contributed by atoms with Gasteiger partial charge in [-0.25, -0.2) is 4.98 Å². The molecule has 0 N–H and O–H groups in total. The van der Waals surface area contributed by atoms with Crippen LogP contribution >= 0.6 is 0 Å². The van der Waals surface area contributed by atoms with Crippen molar-refractivity contribution in [1.82, 2.24) is 9.55 Å². The Morgan fingerprint density at radius 1 is 1.57 bits per heavy atom. The Bertz CT molecular complexity index is 381. The predicted octanol–water partition coefficient (Wildman–Crippen LogP) is 3.18. The molecular weight excluding hydrogens is 172 g/mol. The molecule has 0 unspecified atom stereocenters. The molecular formula is C12H16N2. The number of allylic oxidation sites excluding steroid dienone is 5. The zero-order chi connectivity index (χ0) is 10.6.